The van der Waals surface area contributed by atoms with Crippen molar-refractivity contribution in [3.63, 3.8) is 0 Å². The molecular formula is C11H15NO3. The first-order valence-electron chi connectivity index (χ1n) is 5.19. The van der Waals surface area contributed by atoms with Gasteiger partial charge in [0, 0.05) is 0 Å². The smallest absolute Gasteiger partial charge is 0.371 e. The number of carboxylic acids is 1. The number of rotatable bonds is 5. The van der Waals surface area contributed by atoms with Gasteiger partial charge in [0.15, 0.2) is 0 Å². The molecule has 2 N–H and O–H groups in total. The van der Waals surface area contributed by atoms with E-state index in [9.17, 15) is 4.79 Å². The molecule has 2 rings (SSSR count). The van der Waals surface area contributed by atoms with Crippen LogP contribution in [-0.4, -0.2) is 17.6 Å². The van der Waals surface area contributed by atoms with E-state index in [0.717, 1.165) is 18.4 Å². The molecule has 0 aliphatic heterocycles. The molecule has 0 saturated heterocycles. The van der Waals surface area contributed by atoms with Crippen molar-refractivity contribution in [2.75, 3.05) is 6.54 Å². The normalized spacial score (nSPS) is 24.1. The predicted octanol–water partition coefficient (Wildman–Crippen LogP) is 1.72. The summed E-state index contributed by atoms with van der Waals surface area (Å²) in [6, 6.07) is 3.19. The lowest BCUT2D eigenvalue weighted by Crippen LogP contribution is -2.16. The van der Waals surface area contributed by atoms with Crippen molar-refractivity contribution >= 4 is 5.97 Å². The summed E-state index contributed by atoms with van der Waals surface area (Å²) in [5, 5.41) is 11.9. The van der Waals surface area contributed by atoms with Crippen molar-refractivity contribution in [3.8, 4) is 0 Å². The first kappa shape index (κ1) is 10.2. The summed E-state index contributed by atoms with van der Waals surface area (Å²) >= 11 is 0. The van der Waals surface area contributed by atoms with Crippen molar-refractivity contribution < 1.29 is 14.3 Å². The van der Waals surface area contributed by atoms with Crippen LogP contribution in [0.25, 0.3) is 0 Å². The second-order valence-electron chi connectivity index (χ2n) is 4.18. The van der Waals surface area contributed by atoms with E-state index in [-0.39, 0.29) is 5.76 Å². The van der Waals surface area contributed by atoms with Gasteiger partial charge in [-0.05, 0) is 36.9 Å². The lowest BCUT2D eigenvalue weighted by molar-refractivity contribution is 0.0660. The van der Waals surface area contributed by atoms with Gasteiger partial charge in [0.05, 0.1) is 6.54 Å². The fourth-order valence-electron chi connectivity index (χ4n) is 1.65. The van der Waals surface area contributed by atoms with Gasteiger partial charge >= 0.3 is 5.97 Å². The van der Waals surface area contributed by atoms with Crippen LogP contribution in [0.3, 0.4) is 0 Å². The summed E-state index contributed by atoms with van der Waals surface area (Å²) in [5.74, 6) is 1.30. The van der Waals surface area contributed by atoms with Gasteiger partial charge in [0.1, 0.15) is 5.76 Å². The van der Waals surface area contributed by atoms with Crippen LogP contribution in [0.5, 0.6) is 0 Å². The Kier molecular flexibility index (Phi) is 2.77. The molecule has 2 atom stereocenters. The highest BCUT2D eigenvalue weighted by Gasteiger charge is 2.31. The SMILES string of the molecule is CC1CC1CNCc1ccc(C(=O)O)o1. The van der Waals surface area contributed by atoms with Crippen molar-refractivity contribution in [1.82, 2.24) is 5.32 Å². The third kappa shape index (κ3) is 2.59. The van der Waals surface area contributed by atoms with Crippen LogP contribution >= 0.6 is 0 Å². The number of furan rings is 1. The fourth-order valence-corrected chi connectivity index (χ4v) is 1.65. The number of carboxylic acid groups (broad SMARTS) is 1. The van der Waals surface area contributed by atoms with Crippen LogP contribution < -0.4 is 5.32 Å². The van der Waals surface area contributed by atoms with Gasteiger partial charge in [-0.15, -0.1) is 0 Å². The maximum atomic E-state index is 10.5. The van der Waals surface area contributed by atoms with Crippen LogP contribution in [0.15, 0.2) is 16.5 Å². The second-order valence-corrected chi connectivity index (χ2v) is 4.18. The summed E-state index contributed by atoms with van der Waals surface area (Å²) in [5.41, 5.74) is 0. The van der Waals surface area contributed by atoms with E-state index in [1.54, 1.807) is 6.07 Å². The minimum Gasteiger partial charge on any atom is -0.475 e. The summed E-state index contributed by atoms with van der Waals surface area (Å²) in [4.78, 5) is 10.5. The lowest BCUT2D eigenvalue weighted by atomic mass is 10.3. The summed E-state index contributed by atoms with van der Waals surface area (Å²) in [7, 11) is 0. The number of hydrogen-bond acceptors (Lipinski definition) is 3. The van der Waals surface area contributed by atoms with Crippen molar-refractivity contribution in [2.24, 2.45) is 11.8 Å². The largest absolute Gasteiger partial charge is 0.475 e. The zero-order chi connectivity index (χ0) is 10.8. The second kappa shape index (κ2) is 4.06. The molecule has 1 saturated carbocycles. The summed E-state index contributed by atoms with van der Waals surface area (Å²) in [6.45, 7) is 3.84. The fraction of sp³-hybridized carbons (Fsp3) is 0.545. The maximum Gasteiger partial charge on any atom is 0.371 e. The molecule has 1 aliphatic carbocycles. The quantitative estimate of drug-likeness (QED) is 0.775. The van der Waals surface area contributed by atoms with Gasteiger partial charge in [-0.25, -0.2) is 4.79 Å². The molecule has 82 valence electrons. The molecule has 1 aliphatic rings. The molecule has 4 heteroatoms. The van der Waals surface area contributed by atoms with Crippen LogP contribution in [0.4, 0.5) is 0 Å². The zero-order valence-corrected chi connectivity index (χ0v) is 8.69. The van der Waals surface area contributed by atoms with Crippen LogP contribution in [0.2, 0.25) is 0 Å². The van der Waals surface area contributed by atoms with Crippen molar-refractivity contribution in [1.29, 1.82) is 0 Å². The lowest BCUT2D eigenvalue weighted by Gasteiger charge is -2.00. The number of carbonyl (C=O) groups is 1. The van der Waals surface area contributed by atoms with E-state index in [2.05, 4.69) is 12.2 Å². The van der Waals surface area contributed by atoms with E-state index in [1.165, 1.54) is 12.5 Å². The molecule has 2 unspecified atom stereocenters. The van der Waals surface area contributed by atoms with Gasteiger partial charge in [0.2, 0.25) is 5.76 Å². The van der Waals surface area contributed by atoms with Gasteiger partial charge in [-0.3, -0.25) is 0 Å². The first-order chi connectivity index (χ1) is 7.16. The van der Waals surface area contributed by atoms with E-state index in [1.807, 2.05) is 0 Å². The van der Waals surface area contributed by atoms with E-state index in [4.69, 9.17) is 9.52 Å². The number of hydrogen-bond donors (Lipinski definition) is 2. The van der Waals surface area contributed by atoms with Gasteiger partial charge in [0.25, 0.3) is 0 Å². The highest BCUT2D eigenvalue weighted by atomic mass is 16.4. The average Bonchev–Trinajstić information content (AvgIpc) is 2.71. The number of nitrogens with one attached hydrogen (secondary N) is 1. The Morgan fingerprint density at radius 3 is 2.93 bits per heavy atom. The Bertz CT molecular complexity index is 358. The molecule has 0 radical (unpaired) electrons. The molecule has 0 bridgehead atoms. The third-order valence-electron chi connectivity index (χ3n) is 2.85. The maximum absolute atomic E-state index is 10.5. The van der Waals surface area contributed by atoms with Gasteiger partial charge < -0.3 is 14.8 Å². The molecule has 0 spiro atoms. The van der Waals surface area contributed by atoms with Crippen molar-refractivity contribution in [3.05, 3.63) is 23.7 Å². The monoisotopic (exact) mass is 209 g/mol. The highest BCUT2D eigenvalue weighted by Crippen LogP contribution is 2.36. The minimum absolute atomic E-state index is 0.00610. The Labute approximate surface area is 88.3 Å². The van der Waals surface area contributed by atoms with Crippen LogP contribution in [0, 0.1) is 11.8 Å². The van der Waals surface area contributed by atoms with Gasteiger partial charge in [-0.2, -0.15) is 0 Å². The zero-order valence-electron chi connectivity index (χ0n) is 8.69. The number of aromatic carboxylic acids is 1. The van der Waals surface area contributed by atoms with Crippen LogP contribution in [-0.2, 0) is 6.54 Å². The molecule has 0 aromatic carbocycles. The van der Waals surface area contributed by atoms with E-state index in [0.29, 0.717) is 12.3 Å². The Morgan fingerprint density at radius 1 is 1.67 bits per heavy atom. The molecule has 0 amide bonds. The third-order valence-corrected chi connectivity index (χ3v) is 2.85. The summed E-state index contributed by atoms with van der Waals surface area (Å²) in [6.07, 6.45) is 1.30. The Balaban J connectivity index is 1.75. The Morgan fingerprint density at radius 2 is 2.40 bits per heavy atom. The standard InChI is InChI=1S/C11H15NO3/c1-7-4-8(7)5-12-6-9-2-3-10(15-9)11(13)14/h2-3,7-8,12H,4-6H2,1H3,(H,13,14). The molecule has 1 aromatic heterocycles. The highest BCUT2D eigenvalue weighted by molar-refractivity contribution is 5.84. The molecular weight excluding hydrogens is 194 g/mol. The molecule has 1 aromatic rings. The van der Waals surface area contributed by atoms with Crippen LogP contribution in [0.1, 0.15) is 29.7 Å². The molecule has 1 heterocycles. The average molecular weight is 209 g/mol. The molecule has 15 heavy (non-hydrogen) atoms. The Hall–Kier alpha value is -1.29. The van der Waals surface area contributed by atoms with Gasteiger partial charge in [-0.1, -0.05) is 6.92 Å². The topological polar surface area (TPSA) is 62.5 Å². The molecule has 1 fully saturated rings. The minimum atomic E-state index is -1.02. The predicted molar refractivity (Wildman–Crippen MR) is 54.6 cm³/mol. The van der Waals surface area contributed by atoms with Crippen molar-refractivity contribution in [2.45, 2.75) is 19.9 Å². The summed E-state index contributed by atoms with van der Waals surface area (Å²) < 4.78 is 5.11. The molecule has 4 nitrogen and oxygen atoms in total. The first-order valence-corrected chi connectivity index (χ1v) is 5.19. The van der Waals surface area contributed by atoms with E-state index < -0.39 is 5.97 Å². The van der Waals surface area contributed by atoms with E-state index >= 15 is 0 Å².